The third kappa shape index (κ3) is 1.87. The van der Waals surface area contributed by atoms with E-state index in [2.05, 4.69) is 25.3 Å². The molecule has 1 fully saturated rings. The molecule has 0 radical (unpaired) electrons. The van der Waals surface area contributed by atoms with Crippen LogP contribution in [0.4, 0.5) is 0 Å². The molecule has 3 aromatic rings. The first kappa shape index (κ1) is 12.0. The van der Waals surface area contributed by atoms with Gasteiger partial charge in [-0.2, -0.15) is 5.10 Å². The molecule has 21 heavy (non-hydrogen) atoms. The summed E-state index contributed by atoms with van der Waals surface area (Å²) in [6.45, 7) is 0. The molecule has 0 saturated heterocycles. The normalized spacial score (nSPS) is 14.7. The maximum Gasteiger partial charge on any atom is 0.325 e. The number of aromatic amines is 2. The Bertz CT molecular complexity index is 963. The summed E-state index contributed by atoms with van der Waals surface area (Å²) in [5.74, 6) is 0.472. The molecular weight excluding hydrogens is 272 g/mol. The van der Waals surface area contributed by atoms with E-state index >= 15 is 0 Å². The SMILES string of the molecule is Cn1nc(C2CC2)c2cc(-c3c[nH]c(=O)[nH]c3=O)nnc21. The molecule has 0 bridgehead atoms. The fourth-order valence-corrected chi connectivity index (χ4v) is 2.47. The van der Waals surface area contributed by atoms with Crippen LogP contribution in [0.2, 0.25) is 0 Å². The van der Waals surface area contributed by atoms with Gasteiger partial charge in [-0.25, -0.2) is 9.48 Å². The minimum atomic E-state index is -0.544. The lowest BCUT2D eigenvalue weighted by atomic mass is 10.1. The Morgan fingerprint density at radius 3 is 2.81 bits per heavy atom. The summed E-state index contributed by atoms with van der Waals surface area (Å²) in [6, 6.07) is 1.81. The minimum absolute atomic E-state index is 0.287. The van der Waals surface area contributed by atoms with Crippen LogP contribution in [-0.4, -0.2) is 29.9 Å². The molecule has 0 amide bonds. The highest BCUT2D eigenvalue weighted by Gasteiger charge is 2.29. The number of H-pyrrole nitrogens is 2. The number of nitrogens with one attached hydrogen (secondary N) is 2. The summed E-state index contributed by atoms with van der Waals surface area (Å²) in [4.78, 5) is 27.6. The standard InChI is InChI=1S/C13H12N6O2/c1-19-11-7(10(18-19)6-2-3-6)4-9(16-17-11)8-5-14-13(21)15-12(8)20/h4-6H,2-3H2,1H3,(H2,14,15,20,21). The van der Waals surface area contributed by atoms with Gasteiger partial charge in [0.25, 0.3) is 5.56 Å². The molecule has 8 heteroatoms. The van der Waals surface area contributed by atoms with Crippen molar-refractivity contribution in [2.75, 3.05) is 0 Å². The quantitative estimate of drug-likeness (QED) is 0.702. The molecule has 0 aromatic carbocycles. The number of hydrogen-bond donors (Lipinski definition) is 2. The summed E-state index contributed by atoms with van der Waals surface area (Å²) in [5.41, 5.74) is 1.39. The van der Waals surface area contributed by atoms with E-state index in [1.807, 2.05) is 13.1 Å². The van der Waals surface area contributed by atoms with Crippen LogP contribution >= 0.6 is 0 Å². The van der Waals surface area contributed by atoms with E-state index in [4.69, 9.17) is 0 Å². The summed E-state index contributed by atoms with van der Waals surface area (Å²) in [5, 5.41) is 13.6. The largest absolute Gasteiger partial charge is 0.325 e. The third-order valence-electron chi connectivity index (χ3n) is 3.67. The number of nitrogens with zero attached hydrogens (tertiary/aromatic N) is 4. The first-order valence-electron chi connectivity index (χ1n) is 6.66. The van der Waals surface area contributed by atoms with Crippen LogP contribution in [0.25, 0.3) is 22.3 Å². The minimum Gasteiger partial charge on any atom is -0.313 e. The molecule has 3 heterocycles. The van der Waals surface area contributed by atoms with Crippen LogP contribution in [0, 0.1) is 0 Å². The lowest BCUT2D eigenvalue weighted by molar-refractivity contribution is 0.753. The smallest absolute Gasteiger partial charge is 0.313 e. The molecule has 0 unspecified atom stereocenters. The van der Waals surface area contributed by atoms with Gasteiger partial charge in [0.15, 0.2) is 5.65 Å². The zero-order chi connectivity index (χ0) is 14.6. The van der Waals surface area contributed by atoms with Gasteiger partial charge in [-0.05, 0) is 18.9 Å². The zero-order valence-electron chi connectivity index (χ0n) is 11.3. The Hall–Kier alpha value is -2.77. The summed E-state index contributed by atoms with van der Waals surface area (Å²) in [6.07, 6.45) is 3.61. The van der Waals surface area contributed by atoms with E-state index in [1.165, 1.54) is 6.20 Å². The number of hydrogen-bond acceptors (Lipinski definition) is 5. The highest BCUT2D eigenvalue weighted by molar-refractivity contribution is 5.82. The summed E-state index contributed by atoms with van der Waals surface area (Å²) in [7, 11) is 1.83. The van der Waals surface area contributed by atoms with Crippen molar-refractivity contribution in [2.24, 2.45) is 7.05 Å². The van der Waals surface area contributed by atoms with Crippen molar-refractivity contribution in [3.05, 3.63) is 38.8 Å². The molecule has 106 valence electrons. The molecule has 0 atom stereocenters. The number of aromatic nitrogens is 6. The van der Waals surface area contributed by atoms with Crippen LogP contribution in [-0.2, 0) is 7.05 Å². The molecule has 1 aliphatic rings. The average Bonchev–Trinajstić information content (AvgIpc) is 3.24. The van der Waals surface area contributed by atoms with E-state index in [-0.39, 0.29) is 5.56 Å². The van der Waals surface area contributed by atoms with Gasteiger partial charge >= 0.3 is 5.69 Å². The molecule has 0 spiro atoms. The van der Waals surface area contributed by atoms with Gasteiger partial charge in [-0.1, -0.05) is 0 Å². The molecule has 0 aliphatic heterocycles. The monoisotopic (exact) mass is 284 g/mol. The predicted molar refractivity (Wildman–Crippen MR) is 75.0 cm³/mol. The van der Waals surface area contributed by atoms with Crippen LogP contribution in [0.5, 0.6) is 0 Å². The Kier molecular flexibility index (Phi) is 2.35. The molecule has 4 rings (SSSR count). The maximum atomic E-state index is 11.8. The average molecular weight is 284 g/mol. The van der Waals surface area contributed by atoms with Crippen molar-refractivity contribution < 1.29 is 0 Å². The molecule has 3 aromatic heterocycles. The number of fused-ring (bicyclic) bond motifs is 1. The van der Waals surface area contributed by atoms with Gasteiger partial charge in [0, 0.05) is 24.5 Å². The van der Waals surface area contributed by atoms with Crippen molar-refractivity contribution in [2.45, 2.75) is 18.8 Å². The number of aryl methyl sites for hydroxylation is 1. The first-order chi connectivity index (χ1) is 10.1. The van der Waals surface area contributed by atoms with Gasteiger partial charge in [-0.15, -0.1) is 10.2 Å². The Morgan fingerprint density at radius 2 is 2.10 bits per heavy atom. The highest BCUT2D eigenvalue weighted by atomic mass is 16.2. The van der Waals surface area contributed by atoms with E-state index in [0.29, 0.717) is 17.3 Å². The molecular formula is C13H12N6O2. The summed E-state index contributed by atoms with van der Waals surface area (Å²) >= 11 is 0. The van der Waals surface area contributed by atoms with E-state index in [9.17, 15) is 9.59 Å². The van der Waals surface area contributed by atoms with Gasteiger partial charge in [0.05, 0.1) is 11.3 Å². The van der Waals surface area contributed by atoms with Gasteiger partial charge in [0.2, 0.25) is 0 Å². The second-order valence-corrected chi connectivity index (χ2v) is 5.24. The second-order valence-electron chi connectivity index (χ2n) is 5.24. The van der Waals surface area contributed by atoms with Crippen molar-refractivity contribution in [3.63, 3.8) is 0 Å². The Morgan fingerprint density at radius 1 is 1.29 bits per heavy atom. The lowest BCUT2D eigenvalue weighted by Gasteiger charge is -1.99. The molecule has 2 N–H and O–H groups in total. The van der Waals surface area contributed by atoms with E-state index in [1.54, 1.807) is 4.68 Å². The molecule has 8 nitrogen and oxygen atoms in total. The van der Waals surface area contributed by atoms with Crippen molar-refractivity contribution in [1.29, 1.82) is 0 Å². The van der Waals surface area contributed by atoms with E-state index in [0.717, 1.165) is 23.9 Å². The Balaban J connectivity index is 1.96. The van der Waals surface area contributed by atoms with Crippen LogP contribution in [0.15, 0.2) is 21.9 Å². The molecule has 1 aliphatic carbocycles. The Labute approximate surface area is 117 Å². The lowest BCUT2D eigenvalue weighted by Crippen LogP contribution is -2.22. The van der Waals surface area contributed by atoms with Gasteiger partial charge < -0.3 is 4.98 Å². The predicted octanol–water partition coefficient (Wildman–Crippen LogP) is 0.284. The highest BCUT2D eigenvalue weighted by Crippen LogP contribution is 2.42. The van der Waals surface area contributed by atoms with Gasteiger partial charge in [-0.3, -0.25) is 9.78 Å². The fraction of sp³-hybridized carbons (Fsp3) is 0.308. The fourth-order valence-electron chi connectivity index (χ4n) is 2.47. The van der Waals surface area contributed by atoms with Crippen LogP contribution < -0.4 is 11.2 Å². The number of rotatable bonds is 2. The van der Waals surface area contributed by atoms with Crippen molar-refractivity contribution >= 4 is 11.0 Å². The summed E-state index contributed by atoms with van der Waals surface area (Å²) < 4.78 is 1.71. The first-order valence-corrected chi connectivity index (χ1v) is 6.66. The third-order valence-corrected chi connectivity index (χ3v) is 3.67. The van der Waals surface area contributed by atoms with Crippen LogP contribution in [0.1, 0.15) is 24.5 Å². The maximum absolute atomic E-state index is 11.8. The van der Waals surface area contributed by atoms with Crippen molar-refractivity contribution in [1.82, 2.24) is 29.9 Å². The zero-order valence-corrected chi connectivity index (χ0v) is 11.3. The second kappa shape index (κ2) is 4.11. The van der Waals surface area contributed by atoms with E-state index < -0.39 is 11.2 Å². The van der Waals surface area contributed by atoms with Crippen LogP contribution in [0.3, 0.4) is 0 Å². The topological polar surface area (TPSA) is 109 Å². The molecule has 1 saturated carbocycles. The van der Waals surface area contributed by atoms with Crippen molar-refractivity contribution in [3.8, 4) is 11.3 Å². The van der Waals surface area contributed by atoms with Gasteiger partial charge in [0.1, 0.15) is 5.69 Å².